The highest BCUT2D eigenvalue weighted by Gasteiger charge is 2.36. The number of halogens is 2. The zero-order valence-electron chi connectivity index (χ0n) is 16.5. The Hall–Kier alpha value is -2.44. The molecule has 0 saturated heterocycles. The molecule has 0 heterocycles. The van der Waals surface area contributed by atoms with Gasteiger partial charge >= 0.3 is 5.97 Å². The Balaban J connectivity index is 2.17. The molecule has 0 spiro atoms. The number of carbonyl (C=O) groups is 2. The van der Waals surface area contributed by atoms with E-state index in [1.807, 2.05) is 12.1 Å². The third-order valence-corrected chi connectivity index (χ3v) is 5.05. The van der Waals surface area contributed by atoms with Gasteiger partial charge < -0.3 is 15.2 Å². The molecule has 156 valence electrons. The Morgan fingerprint density at radius 2 is 2.00 bits per heavy atom. The summed E-state index contributed by atoms with van der Waals surface area (Å²) < 4.78 is 19.4. The molecule has 0 aliphatic carbocycles. The first kappa shape index (κ1) is 22.8. The minimum atomic E-state index is -1.12. The second-order valence-corrected chi connectivity index (χ2v) is 7.65. The van der Waals surface area contributed by atoms with Gasteiger partial charge in [0.15, 0.2) is 0 Å². The maximum atomic E-state index is 14.1. The number of carboxylic acid groups (broad SMARTS) is 1. The van der Waals surface area contributed by atoms with E-state index in [-0.39, 0.29) is 24.9 Å². The van der Waals surface area contributed by atoms with Crippen molar-refractivity contribution in [2.24, 2.45) is 5.41 Å². The van der Waals surface area contributed by atoms with Gasteiger partial charge in [-0.3, -0.25) is 9.59 Å². The standard InChI is InChI=1S/C22H25ClFNO4/c1-3-29-13-22(2,21(27)28)12-18(25-14-26)10-15-4-6-16(7-5-15)19-11-17(23)8-9-20(19)24/h4-9,11,14,18H,3,10,12-13H2,1-2H3,(H,25,26)(H,27,28)/t18-,22+/m1/s1. The summed E-state index contributed by atoms with van der Waals surface area (Å²) in [6.07, 6.45) is 1.22. The molecule has 2 N–H and O–H groups in total. The molecule has 0 bridgehead atoms. The Kier molecular flexibility index (Phi) is 8.17. The monoisotopic (exact) mass is 421 g/mol. The summed E-state index contributed by atoms with van der Waals surface area (Å²) >= 11 is 5.96. The van der Waals surface area contributed by atoms with Gasteiger partial charge in [-0.2, -0.15) is 0 Å². The molecule has 5 nitrogen and oxygen atoms in total. The topological polar surface area (TPSA) is 75.6 Å². The van der Waals surface area contributed by atoms with Crippen molar-refractivity contribution in [3.63, 3.8) is 0 Å². The van der Waals surface area contributed by atoms with Gasteiger partial charge in [0.25, 0.3) is 0 Å². The lowest BCUT2D eigenvalue weighted by atomic mass is 9.82. The van der Waals surface area contributed by atoms with Gasteiger partial charge in [-0.15, -0.1) is 0 Å². The van der Waals surface area contributed by atoms with Crippen LogP contribution in [-0.2, 0) is 20.7 Å². The van der Waals surface area contributed by atoms with E-state index in [0.717, 1.165) is 5.56 Å². The maximum absolute atomic E-state index is 14.1. The highest BCUT2D eigenvalue weighted by Crippen LogP contribution is 2.28. The predicted molar refractivity (Wildman–Crippen MR) is 110 cm³/mol. The largest absolute Gasteiger partial charge is 0.481 e. The summed E-state index contributed by atoms with van der Waals surface area (Å²) in [5, 5.41) is 12.8. The van der Waals surface area contributed by atoms with Gasteiger partial charge in [-0.05, 0) is 56.0 Å². The van der Waals surface area contributed by atoms with Crippen LogP contribution in [0.5, 0.6) is 0 Å². The number of hydrogen-bond acceptors (Lipinski definition) is 3. The minimum Gasteiger partial charge on any atom is -0.481 e. The Morgan fingerprint density at radius 1 is 1.31 bits per heavy atom. The number of hydrogen-bond donors (Lipinski definition) is 2. The molecule has 2 aromatic rings. The van der Waals surface area contributed by atoms with Crippen molar-refractivity contribution in [3.05, 3.63) is 58.9 Å². The van der Waals surface area contributed by atoms with E-state index in [1.165, 1.54) is 12.1 Å². The van der Waals surface area contributed by atoms with Gasteiger partial charge in [0, 0.05) is 23.2 Å². The van der Waals surface area contributed by atoms with Crippen LogP contribution in [0, 0.1) is 11.2 Å². The van der Waals surface area contributed by atoms with Crippen molar-refractivity contribution in [2.75, 3.05) is 13.2 Å². The van der Waals surface area contributed by atoms with E-state index >= 15 is 0 Å². The number of nitrogens with one attached hydrogen (secondary N) is 1. The van der Waals surface area contributed by atoms with Gasteiger partial charge in [0.05, 0.1) is 12.0 Å². The lowest BCUT2D eigenvalue weighted by Crippen LogP contribution is -2.42. The number of ether oxygens (including phenoxy) is 1. The first-order valence-corrected chi connectivity index (χ1v) is 9.72. The molecule has 29 heavy (non-hydrogen) atoms. The summed E-state index contributed by atoms with van der Waals surface area (Å²) in [4.78, 5) is 22.8. The Bertz CT molecular complexity index is 843. The summed E-state index contributed by atoms with van der Waals surface area (Å²) in [6, 6.07) is 11.2. The molecule has 7 heteroatoms. The highest BCUT2D eigenvalue weighted by atomic mass is 35.5. The number of rotatable bonds is 11. The van der Waals surface area contributed by atoms with Crippen LogP contribution in [0.1, 0.15) is 25.8 Å². The van der Waals surface area contributed by atoms with E-state index in [0.29, 0.717) is 35.6 Å². The molecule has 0 aromatic heterocycles. The van der Waals surface area contributed by atoms with E-state index in [1.54, 1.807) is 32.0 Å². The van der Waals surface area contributed by atoms with Crippen LogP contribution in [0.2, 0.25) is 5.02 Å². The minimum absolute atomic E-state index is 0.0584. The van der Waals surface area contributed by atoms with Crippen LogP contribution >= 0.6 is 11.6 Å². The van der Waals surface area contributed by atoms with Gasteiger partial charge in [-0.25, -0.2) is 4.39 Å². The molecule has 0 unspecified atom stereocenters. The van der Waals surface area contributed by atoms with Crippen LogP contribution in [0.15, 0.2) is 42.5 Å². The summed E-state index contributed by atoms with van der Waals surface area (Å²) in [7, 11) is 0. The summed E-state index contributed by atoms with van der Waals surface area (Å²) in [5.41, 5.74) is 0.849. The lowest BCUT2D eigenvalue weighted by Gasteiger charge is -2.29. The van der Waals surface area contributed by atoms with E-state index in [4.69, 9.17) is 16.3 Å². The third kappa shape index (κ3) is 6.27. The van der Waals surface area contributed by atoms with Crippen LogP contribution in [0.4, 0.5) is 4.39 Å². The van der Waals surface area contributed by atoms with Crippen LogP contribution in [-0.4, -0.2) is 36.7 Å². The van der Waals surface area contributed by atoms with Crippen molar-refractivity contribution in [3.8, 4) is 11.1 Å². The molecule has 0 aliphatic rings. The maximum Gasteiger partial charge on any atom is 0.311 e. The predicted octanol–water partition coefficient (Wildman–Crippen LogP) is 4.32. The number of aliphatic carboxylic acids is 1. The summed E-state index contributed by atoms with van der Waals surface area (Å²) in [5.74, 6) is -1.34. The Labute approximate surface area is 174 Å². The molecule has 0 fully saturated rings. The Morgan fingerprint density at radius 3 is 2.59 bits per heavy atom. The van der Waals surface area contributed by atoms with Crippen LogP contribution < -0.4 is 5.32 Å². The number of amides is 1. The number of benzene rings is 2. The van der Waals surface area contributed by atoms with Crippen LogP contribution in [0.3, 0.4) is 0 Å². The summed E-state index contributed by atoms with van der Waals surface area (Å²) in [6.45, 7) is 3.88. The van der Waals surface area contributed by atoms with E-state index in [9.17, 15) is 19.1 Å². The van der Waals surface area contributed by atoms with E-state index in [2.05, 4.69) is 5.32 Å². The first-order valence-electron chi connectivity index (χ1n) is 9.34. The van der Waals surface area contributed by atoms with Gasteiger partial charge in [-0.1, -0.05) is 35.9 Å². The highest BCUT2D eigenvalue weighted by molar-refractivity contribution is 6.30. The zero-order chi connectivity index (χ0) is 21.4. The fourth-order valence-corrected chi connectivity index (χ4v) is 3.36. The second-order valence-electron chi connectivity index (χ2n) is 7.21. The second kappa shape index (κ2) is 10.4. The normalized spacial score (nSPS) is 14.1. The smallest absolute Gasteiger partial charge is 0.311 e. The molecule has 2 atom stereocenters. The van der Waals surface area contributed by atoms with Gasteiger partial charge in [0.1, 0.15) is 5.82 Å². The van der Waals surface area contributed by atoms with Crippen LogP contribution in [0.25, 0.3) is 11.1 Å². The molecular formula is C22H25ClFNO4. The van der Waals surface area contributed by atoms with Crippen molar-refractivity contribution in [1.29, 1.82) is 0 Å². The average molecular weight is 422 g/mol. The third-order valence-electron chi connectivity index (χ3n) is 4.82. The lowest BCUT2D eigenvalue weighted by molar-refractivity contribution is -0.152. The molecule has 2 rings (SSSR count). The molecular weight excluding hydrogens is 397 g/mol. The van der Waals surface area contributed by atoms with Crippen molar-refractivity contribution < 1.29 is 23.8 Å². The fourth-order valence-electron chi connectivity index (χ4n) is 3.19. The number of carboxylic acids is 1. The quantitative estimate of drug-likeness (QED) is 0.530. The first-order chi connectivity index (χ1) is 13.8. The SMILES string of the molecule is CCOC[C@](C)(C[C@@H](Cc1ccc(-c2cc(Cl)ccc2F)cc1)NC=O)C(=O)O. The fraction of sp³-hybridized carbons (Fsp3) is 0.364. The number of carbonyl (C=O) groups excluding carboxylic acids is 1. The van der Waals surface area contributed by atoms with Crippen molar-refractivity contribution >= 4 is 24.0 Å². The molecule has 0 radical (unpaired) electrons. The zero-order valence-corrected chi connectivity index (χ0v) is 17.2. The molecule has 0 saturated carbocycles. The van der Waals surface area contributed by atoms with Crippen molar-refractivity contribution in [2.45, 2.75) is 32.7 Å². The van der Waals surface area contributed by atoms with Gasteiger partial charge in [0.2, 0.25) is 6.41 Å². The average Bonchev–Trinajstić information content (AvgIpc) is 2.69. The van der Waals surface area contributed by atoms with E-state index < -0.39 is 11.4 Å². The molecule has 1 amide bonds. The molecule has 0 aliphatic heterocycles. The molecule has 2 aromatic carbocycles. The van der Waals surface area contributed by atoms with Crippen molar-refractivity contribution in [1.82, 2.24) is 5.32 Å².